The van der Waals surface area contributed by atoms with Crippen molar-refractivity contribution in [1.29, 1.82) is 0 Å². The van der Waals surface area contributed by atoms with Crippen LogP contribution < -0.4 is 4.72 Å². The Morgan fingerprint density at radius 3 is 2.95 bits per heavy atom. The molecule has 0 aliphatic rings. The largest absolute Gasteiger partial charge is 0.396 e. The molecule has 2 aromatic rings. The van der Waals surface area contributed by atoms with Gasteiger partial charge in [-0.05, 0) is 13.3 Å². The molecule has 0 spiro atoms. The van der Waals surface area contributed by atoms with Gasteiger partial charge in [0.05, 0.1) is 23.4 Å². The first-order valence-electron chi connectivity index (χ1n) is 6.05. The van der Waals surface area contributed by atoms with Crippen molar-refractivity contribution in [3.63, 3.8) is 0 Å². The quantitative estimate of drug-likeness (QED) is 0.775. The SMILES string of the molecule is Cc1nc(CNS(=O)(=O)c2cnn(CCCO)c2)cs1. The molecular formula is C11H16N4O3S2. The Labute approximate surface area is 121 Å². The van der Waals surface area contributed by atoms with Crippen molar-refractivity contribution >= 4 is 21.4 Å². The number of thiazole rings is 1. The maximum Gasteiger partial charge on any atom is 0.244 e. The molecule has 0 amide bonds. The third-order valence-corrected chi connectivity index (χ3v) is 4.75. The molecule has 9 heteroatoms. The molecule has 0 saturated heterocycles. The van der Waals surface area contributed by atoms with Crippen molar-refractivity contribution in [2.45, 2.75) is 31.3 Å². The monoisotopic (exact) mass is 316 g/mol. The number of aliphatic hydroxyl groups excluding tert-OH is 1. The summed E-state index contributed by atoms with van der Waals surface area (Å²) >= 11 is 1.48. The van der Waals surface area contributed by atoms with E-state index in [1.807, 2.05) is 12.3 Å². The van der Waals surface area contributed by atoms with E-state index in [1.54, 1.807) is 0 Å². The van der Waals surface area contributed by atoms with Gasteiger partial charge in [-0.1, -0.05) is 0 Å². The first-order valence-corrected chi connectivity index (χ1v) is 8.41. The van der Waals surface area contributed by atoms with Gasteiger partial charge in [-0.15, -0.1) is 11.3 Å². The number of nitrogens with one attached hydrogen (secondary N) is 1. The van der Waals surface area contributed by atoms with Crippen LogP contribution in [0.25, 0.3) is 0 Å². The Hall–Kier alpha value is -1.29. The zero-order valence-electron chi connectivity index (χ0n) is 11.0. The summed E-state index contributed by atoms with van der Waals surface area (Å²) in [6, 6.07) is 0. The van der Waals surface area contributed by atoms with E-state index < -0.39 is 10.0 Å². The van der Waals surface area contributed by atoms with Gasteiger partial charge in [-0.25, -0.2) is 18.1 Å². The first-order chi connectivity index (χ1) is 9.51. The molecule has 7 nitrogen and oxygen atoms in total. The van der Waals surface area contributed by atoms with E-state index >= 15 is 0 Å². The zero-order valence-corrected chi connectivity index (χ0v) is 12.6. The van der Waals surface area contributed by atoms with Crippen LogP contribution in [-0.4, -0.2) is 34.9 Å². The molecule has 0 aliphatic carbocycles. The molecule has 2 heterocycles. The minimum absolute atomic E-state index is 0.0450. The Bertz CT molecular complexity index is 663. The van der Waals surface area contributed by atoms with E-state index in [9.17, 15) is 8.42 Å². The van der Waals surface area contributed by atoms with Crippen LogP contribution in [0, 0.1) is 6.92 Å². The second-order valence-corrected chi connectivity index (χ2v) is 7.03. The summed E-state index contributed by atoms with van der Waals surface area (Å²) in [5.74, 6) is 0. The number of hydrogen-bond donors (Lipinski definition) is 2. The molecule has 0 aromatic carbocycles. The summed E-state index contributed by atoms with van der Waals surface area (Å²) in [6.07, 6.45) is 3.28. The van der Waals surface area contributed by atoms with Crippen molar-refractivity contribution in [2.75, 3.05) is 6.61 Å². The minimum Gasteiger partial charge on any atom is -0.396 e. The average molecular weight is 316 g/mol. The van der Waals surface area contributed by atoms with Gasteiger partial charge in [0, 0.05) is 24.7 Å². The number of sulfonamides is 1. The van der Waals surface area contributed by atoms with Gasteiger partial charge in [0.15, 0.2) is 0 Å². The van der Waals surface area contributed by atoms with Crippen LogP contribution in [0.1, 0.15) is 17.1 Å². The van der Waals surface area contributed by atoms with Gasteiger partial charge >= 0.3 is 0 Å². The van der Waals surface area contributed by atoms with E-state index in [2.05, 4.69) is 14.8 Å². The standard InChI is InChI=1S/C11H16N4O3S2/c1-9-14-10(8-19-9)5-13-20(17,18)11-6-12-15(7-11)3-2-4-16/h6-8,13,16H,2-5H2,1H3. The van der Waals surface area contributed by atoms with E-state index in [0.717, 1.165) is 5.01 Å². The number of aliphatic hydroxyl groups is 1. The Balaban J connectivity index is 2.00. The molecule has 0 saturated carbocycles. The van der Waals surface area contributed by atoms with Gasteiger partial charge in [0.1, 0.15) is 4.90 Å². The molecule has 110 valence electrons. The lowest BCUT2D eigenvalue weighted by atomic mass is 10.5. The minimum atomic E-state index is -3.58. The molecule has 0 unspecified atom stereocenters. The number of hydrogen-bond acceptors (Lipinski definition) is 6. The molecule has 0 atom stereocenters. The molecule has 2 N–H and O–H groups in total. The predicted molar refractivity (Wildman–Crippen MR) is 74.8 cm³/mol. The number of rotatable bonds is 7. The van der Waals surface area contributed by atoms with Crippen molar-refractivity contribution in [3.05, 3.63) is 28.5 Å². The Morgan fingerprint density at radius 1 is 1.50 bits per heavy atom. The fourth-order valence-corrected chi connectivity index (χ4v) is 3.14. The van der Waals surface area contributed by atoms with E-state index in [-0.39, 0.29) is 18.0 Å². The molecule has 0 fully saturated rings. The fourth-order valence-electron chi connectivity index (χ4n) is 1.58. The van der Waals surface area contributed by atoms with Gasteiger partial charge in [-0.2, -0.15) is 5.10 Å². The summed E-state index contributed by atoms with van der Waals surface area (Å²) in [6.45, 7) is 2.56. The van der Waals surface area contributed by atoms with Crippen molar-refractivity contribution < 1.29 is 13.5 Å². The number of aryl methyl sites for hydroxylation is 2. The molecule has 20 heavy (non-hydrogen) atoms. The van der Waals surface area contributed by atoms with Gasteiger partial charge in [0.2, 0.25) is 10.0 Å². The highest BCUT2D eigenvalue weighted by Crippen LogP contribution is 2.11. The van der Waals surface area contributed by atoms with E-state index in [1.165, 1.54) is 28.4 Å². The molecule has 2 rings (SSSR count). The smallest absolute Gasteiger partial charge is 0.244 e. The maximum atomic E-state index is 12.1. The summed E-state index contributed by atoms with van der Waals surface area (Å²) in [4.78, 5) is 4.31. The summed E-state index contributed by atoms with van der Waals surface area (Å²) in [5.41, 5.74) is 0.698. The van der Waals surface area contributed by atoms with Gasteiger partial charge in [-0.3, -0.25) is 4.68 Å². The lowest BCUT2D eigenvalue weighted by Gasteiger charge is -2.02. The van der Waals surface area contributed by atoms with Crippen LogP contribution >= 0.6 is 11.3 Å². The van der Waals surface area contributed by atoms with Crippen LogP contribution in [0.5, 0.6) is 0 Å². The van der Waals surface area contributed by atoms with E-state index in [0.29, 0.717) is 18.7 Å². The van der Waals surface area contributed by atoms with E-state index in [4.69, 9.17) is 5.11 Å². The highest BCUT2D eigenvalue weighted by atomic mass is 32.2. The topological polar surface area (TPSA) is 97.1 Å². The highest BCUT2D eigenvalue weighted by molar-refractivity contribution is 7.89. The van der Waals surface area contributed by atoms with Crippen LogP contribution in [-0.2, 0) is 23.1 Å². The average Bonchev–Trinajstić information content (AvgIpc) is 3.03. The molecule has 0 bridgehead atoms. The molecular weight excluding hydrogens is 300 g/mol. The molecule has 2 aromatic heterocycles. The third kappa shape index (κ3) is 3.85. The van der Waals surface area contributed by atoms with Crippen LogP contribution in [0.3, 0.4) is 0 Å². The van der Waals surface area contributed by atoms with Crippen LogP contribution in [0.2, 0.25) is 0 Å². The van der Waals surface area contributed by atoms with Crippen molar-refractivity contribution in [3.8, 4) is 0 Å². The predicted octanol–water partition coefficient (Wildman–Crippen LogP) is 0.509. The second-order valence-electron chi connectivity index (χ2n) is 4.20. The van der Waals surface area contributed by atoms with Crippen molar-refractivity contribution in [2.24, 2.45) is 0 Å². The summed E-state index contributed by atoms with van der Waals surface area (Å²) in [5, 5.41) is 15.4. The lowest BCUT2D eigenvalue weighted by molar-refractivity contribution is 0.277. The molecule has 0 radical (unpaired) electrons. The number of aromatic nitrogens is 3. The van der Waals surface area contributed by atoms with Gasteiger partial charge < -0.3 is 5.11 Å². The fraction of sp³-hybridized carbons (Fsp3) is 0.455. The van der Waals surface area contributed by atoms with Crippen molar-refractivity contribution in [1.82, 2.24) is 19.5 Å². The zero-order chi connectivity index (χ0) is 14.6. The maximum absolute atomic E-state index is 12.1. The summed E-state index contributed by atoms with van der Waals surface area (Å²) < 4.78 is 28.1. The van der Waals surface area contributed by atoms with Crippen LogP contribution in [0.4, 0.5) is 0 Å². The van der Waals surface area contributed by atoms with Crippen LogP contribution in [0.15, 0.2) is 22.7 Å². The Morgan fingerprint density at radius 2 is 2.30 bits per heavy atom. The summed E-state index contributed by atoms with van der Waals surface area (Å²) in [7, 11) is -3.58. The normalized spacial score (nSPS) is 11.9. The Kier molecular flexibility index (Phi) is 4.86. The lowest BCUT2D eigenvalue weighted by Crippen LogP contribution is -2.23. The van der Waals surface area contributed by atoms with Gasteiger partial charge in [0.25, 0.3) is 0 Å². The number of nitrogens with zero attached hydrogens (tertiary/aromatic N) is 3. The highest BCUT2D eigenvalue weighted by Gasteiger charge is 2.16. The third-order valence-electron chi connectivity index (χ3n) is 2.58. The second kappa shape index (κ2) is 6.44. The molecule has 0 aliphatic heterocycles. The first kappa shape index (κ1) is 15.1.